The Balaban J connectivity index is 1.43. The number of benzene rings is 1. The first kappa shape index (κ1) is 24.1. The van der Waals surface area contributed by atoms with Gasteiger partial charge in [-0.25, -0.2) is 4.98 Å². The molecule has 0 spiro atoms. The number of hydrogen-bond acceptors (Lipinski definition) is 9. The lowest BCUT2D eigenvalue weighted by Crippen LogP contribution is -2.43. The van der Waals surface area contributed by atoms with Crippen molar-refractivity contribution in [3.05, 3.63) is 54.5 Å². The van der Waals surface area contributed by atoms with Gasteiger partial charge in [-0.1, -0.05) is 0 Å². The first-order valence-electron chi connectivity index (χ1n) is 11.4. The molecule has 1 atom stereocenters. The molecule has 0 radical (unpaired) electrons. The molecule has 0 bridgehead atoms. The zero-order chi connectivity index (χ0) is 24.6. The number of methoxy groups -OCH3 is 3. The quantitative estimate of drug-likeness (QED) is 0.479. The van der Waals surface area contributed by atoms with Crippen molar-refractivity contribution >= 4 is 23.4 Å². The number of hydrogen-bond donors (Lipinski definition) is 2. The SMILES string of the molecule is COc1cc(Nc2nccc(N3CCC[C@@H](C(=O)NCc4ccncc4)C3)n2)cc(OC)c1OC. The van der Waals surface area contributed by atoms with Crippen molar-refractivity contribution in [1.82, 2.24) is 20.3 Å². The number of aromatic nitrogens is 3. The third-order valence-electron chi connectivity index (χ3n) is 5.89. The molecule has 1 fully saturated rings. The highest BCUT2D eigenvalue weighted by molar-refractivity contribution is 5.79. The average Bonchev–Trinajstić information content (AvgIpc) is 2.92. The van der Waals surface area contributed by atoms with E-state index >= 15 is 0 Å². The molecule has 1 aliphatic heterocycles. The van der Waals surface area contributed by atoms with Crippen LogP contribution < -0.4 is 29.7 Å². The van der Waals surface area contributed by atoms with Gasteiger partial charge >= 0.3 is 0 Å². The Kier molecular flexibility index (Phi) is 7.81. The topological polar surface area (TPSA) is 111 Å². The van der Waals surface area contributed by atoms with Crippen molar-refractivity contribution in [2.24, 2.45) is 5.92 Å². The molecule has 10 heteroatoms. The van der Waals surface area contributed by atoms with Crippen LogP contribution in [0.25, 0.3) is 0 Å². The van der Waals surface area contributed by atoms with Gasteiger partial charge in [-0.15, -0.1) is 0 Å². The van der Waals surface area contributed by atoms with E-state index in [4.69, 9.17) is 14.2 Å². The molecule has 2 N–H and O–H groups in total. The number of ether oxygens (including phenoxy) is 3. The predicted molar refractivity (Wildman–Crippen MR) is 132 cm³/mol. The summed E-state index contributed by atoms with van der Waals surface area (Å²) >= 11 is 0. The van der Waals surface area contributed by atoms with E-state index in [2.05, 4.69) is 30.5 Å². The number of rotatable bonds is 9. The number of anilines is 3. The summed E-state index contributed by atoms with van der Waals surface area (Å²) in [5.74, 6) is 2.71. The van der Waals surface area contributed by atoms with Crippen LogP contribution in [0.3, 0.4) is 0 Å². The highest BCUT2D eigenvalue weighted by atomic mass is 16.5. The fraction of sp³-hybridized carbons (Fsp3) is 0.360. The fourth-order valence-electron chi connectivity index (χ4n) is 4.10. The van der Waals surface area contributed by atoms with E-state index in [-0.39, 0.29) is 11.8 Å². The molecule has 2 aromatic heterocycles. The van der Waals surface area contributed by atoms with Gasteiger partial charge in [-0.05, 0) is 36.6 Å². The minimum absolute atomic E-state index is 0.0522. The van der Waals surface area contributed by atoms with Gasteiger partial charge in [0.05, 0.1) is 27.2 Å². The molecule has 4 rings (SSSR count). The molecular weight excluding hydrogens is 448 g/mol. The number of piperidine rings is 1. The molecule has 35 heavy (non-hydrogen) atoms. The third kappa shape index (κ3) is 5.89. The van der Waals surface area contributed by atoms with Gasteiger partial charge in [0.25, 0.3) is 0 Å². The van der Waals surface area contributed by atoms with Gasteiger partial charge in [0.2, 0.25) is 17.6 Å². The molecule has 0 aliphatic carbocycles. The van der Waals surface area contributed by atoms with Crippen molar-refractivity contribution in [3.63, 3.8) is 0 Å². The van der Waals surface area contributed by atoms with E-state index < -0.39 is 0 Å². The molecule has 10 nitrogen and oxygen atoms in total. The summed E-state index contributed by atoms with van der Waals surface area (Å²) in [6, 6.07) is 9.24. The van der Waals surface area contributed by atoms with Gasteiger partial charge in [-0.2, -0.15) is 4.98 Å². The smallest absolute Gasteiger partial charge is 0.229 e. The Morgan fingerprint density at radius 2 is 1.80 bits per heavy atom. The Bertz CT molecular complexity index is 1120. The van der Waals surface area contributed by atoms with Crippen LogP contribution in [0, 0.1) is 5.92 Å². The first-order chi connectivity index (χ1) is 17.1. The summed E-state index contributed by atoms with van der Waals surface area (Å²) in [6.45, 7) is 1.92. The summed E-state index contributed by atoms with van der Waals surface area (Å²) < 4.78 is 16.2. The second-order valence-electron chi connectivity index (χ2n) is 8.14. The van der Waals surface area contributed by atoms with E-state index in [0.29, 0.717) is 42.0 Å². The average molecular weight is 479 g/mol. The van der Waals surface area contributed by atoms with Crippen molar-refractivity contribution in [2.75, 3.05) is 44.6 Å². The summed E-state index contributed by atoms with van der Waals surface area (Å²) in [4.78, 5) is 28.0. The maximum absolute atomic E-state index is 12.8. The largest absolute Gasteiger partial charge is 0.493 e. The Hall–Kier alpha value is -4.08. The van der Waals surface area contributed by atoms with E-state index in [1.165, 1.54) is 0 Å². The van der Waals surface area contributed by atoms with Crippen LogP contribution in [0.5, 0.6) is 17.2 Å². The lowest BCUT2D eigenvalue weighted by Gasteiger charge is -2.33. The number of pyridine rings is 1. The molecule has 3 aromatic rings. The summed E-state index contributed by atoms with van der Waals surface area (Å²) in [5, 5.41) is 6.25. The summed E-state index contributed by atoms with van der Waals surface area (Å²) in [5.41, 5.74) is 1.72. The molecule has 184 valence electrons. The van der Waals surface area contributed by atoms with Crippen LogP contribution in [0.15, 0.2) is 48.9 Å². The monoisotopic (exact) mass is 478 g/mol. The van der Waals surface area contributed by atoms with Crippen LogP contribution in [0.4, 0.5) is 17.5 Å². The van der Waals surface area contributed by atoms with Crippen molar-refractivity contribution in [3.8, 4) is 17.2 Å². The highest BCUT2D eigenvalue weighted by Crippen LogP contribution is 2.40. The van der Waals surface area contributed by atoms with Crippen LogP contribution in [-0.4, -0.2) is 55.3 Å². The molecule has 1 aromatic carbocycles. The van der Waals surface area contributed by atoms with Gasteiger partial charge < -0.3 is 29.7 Å². The Morgan fingerprint density at radius 3 is 2.49 bits per heavy atom. The standard InChI is InChI=1S/C25H30N6O4/c1-33-20-13-19(14-21(34-2)23(20)35-3)29-25-27-11-8-22(30-25)31-12-4-5-18(16-31)24(32)28-15-17-6-9-26-10-7-17/h6-11,13-14,18H,4-5,12,15-16H2,1-3H3,(H,28,32)(H,27,29,30)/t18-/m1/s1. The molecule has 1 aliphatic rings. The van der Waals surface area contributed by atoms with Crippen LogP contribution >= 0.6 is 0 Å². The second kappa shape index (κ2) is 11.4. The highest BCUT2D eigenvalue weighted by Gasteiger charge is 2.26. The lowest BCUT2D eigenvalue weighted by atomic mass is 9.97. The molecule has 1 saturated heterocycles. The minimum Gasteiger partial charge on any atom is -0.493 e. The van der Waals surface area contributed by atoms with Crippen LogP contribution in [0.2, 0.25) is 0 Å². The number of nitrogens with one attached hydrogen (secondary N) is 2. The van der Waals surface area contributed by atoms with E-state index in [1.807, 2.05) is 18.2 Å². The summed E-state index contributed by atoms with van der Waals surface area (Å²) in [6.07, 6.45) is 6.91. The zero-order valence-electron chi connectivity index (χ0n) is 20.2. The fourth-order valence-corrected chi connectivity index (χ4v) is 4.10. The molecule has 1 amide bonds. The maximum Gasteiger partial charge on any atom is 0.229 e. The maximum atomic E-state index is 12.8. The van der Waals surface area contributed by atoms with E-state index in [9.17, 15) is 4.79 Å². The number of amides is 1. The molecule has 0 saturated carbocycles. The minimum atomic E-state index is -0.105. The number of carbonyl (C=O) groups excluding carboxylic acids is 1. The Labute approximate surface area is 204 Å². The van der Waals surface area contributed by atoms with Crippen LogP contribution in [0.1, 0.15) is 18.4 Å². The van der Waals surface area contributed by atoms with Crippen molar-refractivity contribution in [1.29, 1.82) is 0 Å². The Morgan fingerprint density at radius 1 is 1.06 bits per heavy atom. The zero-order valence-corrected chi connectivity index (χ0v) is 20.2. The molecule has 0 unspecified atom stereocenters. The van der Waals surface area contributed by atoms with Gasteiger partial charge in [-0.3, -0.25) is 9.78 Å². The molecular formula is C25H30N6O4. The van der Waals surface area contributed by atoms with Gasteiger partial charge in [0.1, 0.15) is 5.82 Å². The van der Waals surface area contributed by atoms with Gasteiger partial charge in [0, 0.05) is 56.0 Å². The van der Waals surface area contributed by atoms with E-state index in [1.54, 1.807) is 52.1 Å². The first-order valence-corrected chi connectivity index (χ1v) is 11.4. The number of nitrogens with zero attached hydrogens (tertiary/aromatic N) is 4. The van der Waals surface area contributed by atoms with Crippen molar-refractivity contribution < 1.29 is 19.0 Å². The van der Waals surface area contributed by atoms with E-state index in [0.717, 1.165) is 30.8 Å². The lowest BCUT2D eigenvalue weighted by molar-refractivity contribution is -0.125. The third-order valence-corrected chi connectivity index (χ3v) is 5.89. The summed E-state index contributed by atoms with van der Waals surface area (Å²) in [7, 11) is 4.70. The number of carbonyl (C=O) groups is 1. The van der Waals surface area contributed by atoms with Crippen molar-refractivity contribution in [2.45, 2.75) is 19.4 Å². The normalized spacial score (nSPS) is 15.3. The molecule has 3 heterocycles. The van der Waals surface area contributed by atoms with Crippen LogP contribution in [-0.2, 0) is 11.3 Å². The van der Waals surface area contributed by atoms with Gasteiger partial charge in [0.15, 0.2) is 11.5 Å². The predicted octanol–water partition coefficient (Wildman–Crippen LogP) is 3.17. The second-order valence-corrected chi connectivity index (χ2v) is 8.14.